The van der Waals surface area contributed by atoms with Crippen molar-refractivity contribution in [3.8, 4) is 0 Å². The van der Waals surface area contributed by atoms with E-state index < -0.39 is 12.1 Å². The number of benzene rings is 3. The van der Waals surface area contributed by atoms with Gasteiger partial charge in [0.2, 0.25) is 23.6 Å². The third-order valence-corrected chi connectivity index (χ3v) is 11.1. The highest BCUT2D eigenvalue weighted by Crippen LogP contribution is 2.31. The van der Waals surface area contributed by atoms with Crippen LogP contribution in [0.3, 0.4) is 0 Å². The van der Waals surface area contributed by atoms with Crippen molar-refractivity contribution in [2.75, 3.05) is 26.2 Å². The first-order chi connectivity index (χ1) is 24.9. The van der Waals surface area contributed by atoms with Crippen molar-refractivity contribution in [1.29, 1.82) is 0 Å². The number of carbonyl (C=O) groups excluding carboxylic acids is 4. The Kier molecular flexibility index (Phi) is 13.8. The van der Waals surface area contributed by atoms with Gasteiger partial charge in [-0.1, -0.05) is 99.4 Å². The molecule has 3 aromatic rings. The van der Waals surface area contributed by atoms with Gasteiger partial charge in [0.1, 0.15) is 12.1 Å². The summed E-state index contributed by atoms with van der Waals surface area (Å²) in [4.78, 5) is 57.9. The predicted octanol–water partition coefficient (Wildman–Crippen LogP) is 7.17. The zero-order valence-electron chi connectivity index (χ0n) is 30.7. The zero-order chi connectivity index (χ0) is 37.4. The van der Waals surface area contributed by atoms with Crippen molar-refractivity contribution in [1.82, 2.24) is 20.4 Å². The monoisotopic (exact) mass is 746 g/mol. The summed E-state index contributed by atoms with van der Waals surface area (Å²) in [5, 5.41) is 7.43. The fraction of sp³-hybridized carbons (Fsp3) is 0.476. The zero-order valence-corrected chi connectivity index (χ0v) is 32.3. The van der Waals surface area contributed by atoms with Gasteiger partial charge in [0, 0.05) is 36.2 Å². The molecule has 2 heterocycles. The summed E-state index contributed by atoms with van der Waals surface area (Å²) in [6.07, 6.45) is 3.49. The van der Waals surface area contributed by atoms with Gasteiger partial charge in [0.05, 0.1) is 12.8 Å². The number of halogens is 2. The van der Waals surface area contributed by atoms with Crippen molar-refractivity contribution >= 4 is 46.8 Å². The largest absolute Gasteiger partial charge is 0.344 e. The van der Waals surface area contributed by atoms with Crippen LogP contribution in [0.25, 0.3) is 0 Å². The average Bonchev–Trinajstić information content (AvgIpc) is 3.13. The van der Waals surface area contributed by atoms with Gasteiger partial charge >= 0.3 is 0 Å². The minimum Gasteiger partial charge on any atom is -0.344 e. The summed E-state index contributed by atoms with van der Waals surface area (Å²) in [6, 6.07) is 21.9. The van der Waals surface area contributed by atoms with Gasteiger partial charge in [-0.2, -0.15) is 0 Å². The van der Waals surface area contributed by atoms with Crippen molar-refractivity contribution in [2.45, 2.75) is 90.1 Å². The Labute approximate surface area is 318 Å². The standard InChI is InChI=1S/C42H52Cl2N4O4/c1-27(2)39(41(51)47-21-17-31(18-22-47)29-9-13-35(43)14-10-29)45-37(49)25-33-7-5-6-8-34(33)26-38(50)46-40(28(3)4)42(52)48-23-19-32(20-24-48)30-11-15-36(44)16-12-30/h5-16,27-28,31-32,39-40H,17-26H2,1-4H3,(H,45,49)(H,46,50)/t39-,40+. The minimum atomic E-state index is -0.649. The third-order valence-electron chi connectivity index (χ3n) is 10.6. The second-order valence-corrected chi connectivity index (χ2v) is 15.9. The second-order valence-electron chi connectivity index (χ2n) is 15.0. The molecule has 3 aromatic carbocycles. The molecule has 0 aromatic heterocycles. The molecular weight excluding hydrogens is 695 g/mol. The Balaban J connectivity index is 1.14. The van der Waals surface area contributed by atoms with E-state index in [-0.39, 0.29) is 48.3 Å². The van der Waals surface area contributed by atoms with E-state index >= 15 is 0 Å². The molecule has 278 valence electrons. The van der Waals surface area contributed by atoms with Gasteiger partial charge in [-0.15, -0.1) is 0 Å². The molecule has 2 fully saturated rings. The van der Waals surface area contributed by atoms with E-state index in [0.717, 1.165) is 25.7 Å². The van der Waals surface area contributed by atoms with Crippen molar-refractivity contribution in [2.24, 2.45) is 11.8 Å². The van der Waals surface area contributed by atoms with E-state index in [1.807, 2.05) is 86.0 Å². The fourth-order valence-electron chi connectivity index (χ4n) is 7.45. The number of rotatable bonds is 12. The normalized spacial score (nSPS) is 16.8. The molecule has 2 aliphatic heterocycles. The van der Waals surface area contributed by atoms with Gasteiger partial charge in [0.25, 0.3) is 0 Å². The number of nitrogens with zero attached hydrogens (tertiary/aromatic N) is 2. The molecule has 52 heavy (non-hydrogen) atoms. The van der Waals surface area contributed by atoms with Crippen LogP contribution < -0.4 is 10.6 Å². The van der Waals surface area contributed by atoms with Gasteiger partial charge in [-0.05, 0) is 95.9 Å². The Morgan fingerprint density at radius 3 is 1.21 bits per heavy atom. The smallest absolute Gasteiger partial charge is 0.245 e. The molecule has 5 rings (SSSR count). The highest BCUT2D eigenvalue weighted by Gasteiger charge is 2.33. The average molecular weight is 748 g/mol. The first kappa shape index (κ1) is 39.3. The number of hydrogen-bond donors (Lipinski definition) is 2. The molecule has 2 saturated heterocycles. The Morgan fingerprint density at radius 2 is 0.904 bits per heavy atom. The van der Waals surface area contributed by atoms with Crippen LogP contribution >= 0.6 is 23.2 Å². The maximum atomic E-state index is 13.7. The highest BCUT2D eigenvalue weighted by molar-refractivity contribution is 6.30. The molecule has 0 aliphatic carbocycles. The predicted molar refractivity (Wildman–Crippen MR) is 207 cm³/mol. The number of nitrogens with one attached hydrogen (secondary N) is 2. The summed E-state index contributed by atoms with van der Waals surface area (Å²) in [7, 11) is 0. The maximum absolute atomic E-state index is 13.7. The molecule has 0 bridgehead atoms. The number of likely N-dealkylation sites (tertiary alicyclic amines) is 2. The molecule has 0 unspecified atom stereocenters. The molecule has 2 aliphatic rings. The molecule has 0 spiro atoms. The highest BCUT2D eigenvalue weighted by atomic mass is 35.5. The first-order valence-electron chi connectivity index (χ1n) is 18.6. The molecular formula is C42H52Cl2N4O4. The summed E-state index contributed by atoms with van der Waals surface area (Å²) >= 11 is 12.1. The van der Waals surface area contributed by atoms with Crippen LogP contribution in [0.4, 0.5) is 0 Å². The molecule has 0 radical (unpaired) electrons. The lowest BCUT2D eigenvalue weighted by atomic mass is 9.89. The van der Waals surface area contributed by atoms with Gasteiger partial charge in [0.15, 0.2) is 0 Å². The van der Waals surface area contributed by atoms with Gasteiger partial charge in [-0.25, -0.2) is 0 Å². The molecule has 0 saturated carbocycles. The SMILES string of the molecule is CC(C)[C@H](NC(=O)Cc1ccccc1CC(=O)N[C@@H](C(=O)N1CCC(c2ccc(Cl)cc2)CC1)C(C)C)C(=O)N1CCC(c2ccc(Cl)cc2)CC1. The quantitative estimate of drug-likeness (QED) is 0.205. The van der Waals surface area contributed by atoms with Crippen molar-refractivity contribution < 1.29 is 19.2 Å². The number of piperidine rings is 2. The van der Waals surface area contributed by atoms with E-state index in [0.29, 0.717) is 59.2 Å². The lowest BCUT2D eigenvalue weighted by Crippen LogP contribution is -2.53. The summed E-state index contributed by atoms with van der Waals surface area (Å²) < 4.78 is 0. The lowest BCUT2D eigenvalue weighted by Gasteiger charge is -2.35. The number of amides is 4. The van der Waals surface area contributed by atoms with Crippen molar-refractivity contribution in [3.63, 3.8) is 0 Å². The second kappa shape index (κ2) is 18.2. The lowest BCUT2D eigenvalue weighted by molar-refractivity contribution is -0.138. The molecule has 10 heteroatoms. The van der Waals surface area contributed by atoms with Crippen LogP contribution in [0.2, 0.25) is 10.0 Å². The summed E-state index contributed by atoms with van der Waals surface area (Å²) in [5.41, 5.74) is 3.89. The van der Waals surface area contributed by atoms with Crippen LogP contribution in [0.1, 0.15) is 87.5 Å². The first-order valence-corrected chi connectivity index (χ1v) is 19.4. The molecule has 4 amide bonds. The number of hydrogen-bond acceptors (Lipinski definition) is 4. The summed E-state index contributed by atoms with van der Waals surface area (Å²) in [6.45, 7) is 10.3. The Hall–Kier alpha value is -3.88. The Morgan fingerprint density at radius 1 is 0.577 bits per heavy atom. The topological polar surface area (TPSA) is 98.8 Å². The minimum absolute atomic E-state index is 0.0354. The molecule has 2 atom stereocenters. The van der Waals surface area contributed by atoms with Crippen LogP contribution in [0.5, 0.6) is 0 Å². The van der Waals surface area contributed by atoms with E-state index in [1.54, 1.807) is 0 Å². The Bertz CT molecular complexity index is 1550. The third kappa shape index (κ3) is 10.4. The molecule has 8 nitrogen and oxygen atoms in total. The van der Waals surface area contributed by atoms with Crippen LogP contribution in [-0.4, -0.2) is 71.7 Å². The maximum Gasteiger partial charge on any atom is 0.245 e. The van der Waals surface area contributed by atoms with Crippen LogP contribution in [0, 0.1) is 11.8 Å². The summed E-state index contributed by atoms with van der Waals surface area (Å²) in [5.74, 6) is -0.126. The van der Waals surface area contributed by atoms with E-state index in [4.69, 9.17) is 23.2 Å². The fourth-order valence-corrected chi connectivity index (χ4v) is 7.71. The van der Waals surface area contributed by atoms with Crippen LogP contribution in [-0.2, 0) is 32.0 Å². The van der Waals surface area contributed by atoms with E-state index in [2.05, 4.69) is 34.9 Å². The van der Waals surface area contributed by atoms with E-state index in [9.17, 15) is 19.2 Å². The molecule has 2 N–H and O–H groups in total. The van der Waals surface area contributed by atoms with Gasteiger partial charge < -0.3 is 20.4 Å². The number of carbonyl (C=O) groups is 4. The van der Waals surface area contributed by atoms with Crippen molar-refractivity contribution in [3.05, 3.63) is 105 Å². The van der Waals surface area contributed by atoms with Crippen LogP contribution in [0.15, 0.2) is 72.8 Å². The van der Waals surface area contributed by atoms with E-state index in [1.165, 1.54) is 11.1 Å². The van der Waals surface area contributed by atoms with Gasteiger partial charge in [-0.3, -0.25) is 19.2 Å².